The van der Waals surface area contributed by atoms with Crippen molar-refractivity contribution >= 4 is 5.97 Å². The van der Waals surface area contributed by atoms with Gasteiger partial charge in [0.1, 0.15) is 0 Å². The summed E-state index contributed by atoms with van der Waals surface area (Å²) in [5, 5.41) is 3.25. The number of nitrogens with one attached hydrogen (secondary N) is 1. The lowest BCUT2D eigenvalue weighted by Gasteiger charge is -2.26. The van der Waals surface area contributed by atoms with Crippen LogP contribution in [-0.2, 0) is 16.0 Å². The van der Waals surface area contributed by atoms with Gasteiger partial charge in [-0.15, -0.1) is 0 Å². The molecule has 86 valence electrons. The predicted octanol–water partition coefficient (Wildman–Crippen LogP) is 1.83. The molecule has 0 aliphatic heterocycles. The SMILES string of the molecule is COC(=O)CN[C@@H]1CCCc2ccccc21. The predicted molar refractivity (Wildman–Crippen MR) is 62.1 cm³/mol. The van der Waals surface area contributed by atoms with Crippen molar-refractivity contribution in [2.75, 3.05) is 13.7 Å². The van der Waals surface area contributed by atoms with E-state index < -0.39 is 0 Å². The van der Waals surface area contributed by atoms with Crippen LogP contribution in [0.15, 0.2) is 24.3 Å². The Balaban J connectivity index is 2.04. The highest BCUT2D eigenvalue weighted by Gasteiger charge is 2.19. The van der Waals surface area contributed by atoms with Crippen LogP contribution in [0.3, 0.4) is 0 Å². The minimum Gasteiger partial charge on any atom is -0.468 e. The fourth-order valence-electron chi connectivity index (χ4n) is 2.24. The Hall–Kier alpha value is -1.35. The maximum atomic E-state index is 11.1. The number of carbonyl (C=O) groups excluding carboxylic acids is 1. The number of benzene rings is 1. The maximum absolute atomic E-state index is 11.1. The topological polar surface area (TPSA) is 38.3 Å². The summed E-state index contributed by atoms with van der Waals surface area (Å²) in [6.45, 7) is 0.287. The molecule has 0 bridgehead atoms. The van der Waals surface area contributed by atoms with E-state index in [1.165, 1.54) is 24.7 Å². The maximum Gasteiger partial charge on any atom is 0.319 e. The third-order valence-corrected chi connectivity index (χ3v) is 3.09. The van der Waals surface area contributed by atoms with Crippen LogP contribution in [0.1, 0.15) is 30.0 Å². The van der Waals surface area contributed by atoms with Crippen LogP contribution < -0.4 is 5.32 Å². The van der Waals surface area contributed by atoms with Gasteiger partial charge in [0.2, 0.25) is 0 Å². The fraction of sp³-hybridized carbons (Fsp3) is 0.462. The van der Waals surface area contributed by atoms with E-state index in [0.717, 1.165) is 12.8 Å². The number of hydrogen-bond donors (Lipinski definition) is 1. The number of carbonyl (C=O) groups is 1. The van der Waals surface area contributed by atoms with E-state index >= 15 is 0 Å². The molecule has 3 heteroatoms. The molecule has 0 spiro atoms. The molecule has 1 aromatic rings. The average molecular weight is 219 g/mol. The van der Waals surface area contributed by atoms with Gasteiger partial charge in [0.15, 0.2) is 0 Å². The molecule has 0 heterocycles. The summed E-state index contributed by atoms with van der Waals surface area (Å²) in [5.41, 5.74) is 2.73. The molecule has 0 fully saturated rings. The van der Waals surface area contributed by atoms with E-state index in [4.69, 9.17) is 0 Å². The first-order chi connectivity index (χ1) is 7.81. The lowest BCUT2D eigenvalue weighted by Crippen LogP contribution is -2.30. The van der Waals surface area contributed by atoms with Crippen LogP contribution in [0.4, 0.5) is 0 Å². The minimum atomic E-state index is -0.206. The Kier molecular flexibility index (Phi) is 3.57. The van der Waals surface area contributed by atoms with E-state index in [2.05, 4.69) is 34.3 Å². The quantitative estimate of drug-likeness (QED) is 0.788. The van der Waals surface area contributed by atoms with Crippen LogP contribution in [0, 0.1) is 0 Å². The molecule has 0 unspecified atom stereocenters. The van der Waals surface area contributed by atoms with Crippen molar-refractivity contribution in [2.45, 2.75) is 25.3 Å². The monoisotopic (exact) mass is 219 g/mol. The standard InChI is InChI=1S/C13H17NO2/c1-16-13(15)9-14-12-8-4-6-10-5-2-3-7-11(10)12/h2-3,5,7,12,14H,4,6,8-9H2,1H3/t12-/m1/s1. The minimum absolute atomic E-state index is 0.206. The number of ether oxygens (including phenoxy) is 1. The van der Waals surface area contributed by atoms with E-state index in [1.54, 1.807) is 0 Å². The van der Waals surface area contributed by atoms with Gasteiger partial charge in [0.25, 0.3) is 0 Å². The van der Waals surface area contributed by atoms with Crippen molar-refractivity contribution in [2.24, 2.45) is 0 Å². The van der Waals surface area contributed by atoms with Crippen molar-refractivity contribution in [1.29, 1.82) is 0 Å². The van der Waals surface area contributed by atoms with Crippen LogP contribution in [0.25, 0.3) is 0 Å². The van der Waals surface area contributed by atoms with Gasteiger partial charge >= 0.3 is 5.97 Å². The van der Waals surface area contributed by atoms with Crippen molar-refractivity contribution < 1.29 is 9.53 Å². The van der Waals surface area contributed by atoms with Crippen molar-refractivity contribution in [1.82, 2.24) is 5.32 Å². The van der Waals surface area contributed by atoms with Gasteiger partial charge in [-0.2, -0.15) is 0 Å². The number of aryl methyl sites for hydroxylation is 1. The number of rotatable bonds is 3. The van der Waals surface area contributed by atoms with Gasteiger partial charge in [0, 0.05) is 6.04 Å². The lowest BCUT2D eigenvalue weighted by atomic mass is 9.88. The number of esters is 1. The van der Waals surface area contributed by atoms with Crippen LogP contribution >= 0.6 is 0 Å². The van der Waals surface area contributed by atoms with Gasteiger partial charge in [-0.1, -0.05) is 24.3 Å². The summed E-state index contributed by atoms with van der Waals surface area (Å²) >= 11 is 0. The Morgan fingerprint density at radius 2 is 2.31 bits per heavy atom. The van der Waals surface area contributed by atoms with E-state index in [9.17, 15) is 4.79 Å². The van der Waals surface area contributed by atoms with Gasteiger partial charge in [-0.3, -0.25) is 4.79 Å². The summed E-state index contributed by atoms with van der Waals surface area (Å²) < 4.78 is 4.63. The third-order valence-electron chi connectivity index (χ3n) is 3.09. The molecule has 1 aliphatic carbocycles. The molecule has 0 saturated carbocycles. The smallest absolute Gasteiger partial charge is 0.319 e. The third kappa shape index (κ3) is 2.42. The Labute approximate surface area is 95.8 Å². The molecule has 0 amide bonds. The molecule has 0 saturated heterocycles. The molecular weight excluding hydrogens is 202 g/mol. The summed E-state index contributed by atoms with van der Waals surface area (Å²) in [6, 6.07) is 8.73. The van der Waals surface area contributed by atoms with Crippen molar-refractivity contribution in [3.63, 3.8) is 0 Å². The van der Waals surface area contributed by atoms with Gasteiger partial charge in [0.05, 0.1) is 13.7 Å². The highest BCUT2D eigenvalue weighted by Crippen LogP contribution is 2.29. The molecule has 1 aliphatic rings. The number of methoxy groups -OCH3 is 1. The molecule has 1 aromatic carbocycles. The largest absolute Gasteiger partial charge is 0.468 e. The van der Waals surface area contributed by atoms with Gasteiger partial charge in [-0.25, -0.2) is 0 Å². The second-order valence-electron chi connectivity index (χ2n) is 4.10. The first kappa shape index (κ1) is 11.1. The molecule has 1 N–H and O–H groups in total. The summed E-state index contributed by atoms with van der Waals surface area (Å²) in [5.74, 6) is -0.206. The van der Waals surface area contributed by atoms with E-state index in [0.29, 0.717) is 6.04 Å². The number of fused-ring (bicyclic) bond motifs is 1. The highest BCUT2D eigenvalue weighted by molar-refractivity contribution is 5.71. The molecule has 0 aromatic heterocycles. The number of hydrogen-bond acceptors (Lipinski definition) is 3. The van der Waals surface area contributed by atoms with Crippen LogP contribution in [-0.4, -0.2) is 19.6 Å². The van der Waals surface area contributed by atoms with E-state index in [1.807, 2.05) is 0 Å². The Morgan fingerprint density at radius 3 is 3.12 bits per heavy atom. The molecular formula is C13H17NO2. The lowest BCUT2D eigenvalue weighted by molar-refractivity contribution is -0.139. The van der Waals surface area contributed by atoms with E-state index in [-0.39, 0.29) is 12.5 Å². The summed E-state index contributed by atoms with van der Waals surface area (Å²) in [6.07, 6.45) is 3.41. The molecule has 16 heavy (non-hydrogen) atoms. The first-order valence-corrected chi connectivity index (χ1v) is 5.69. The molecule has 1 atom stereocenters. The van der Waals surface area contributed by atoms with Gasteiger partial charge in [-0.05, 0) is 30.4 Å². The zero-order valence-corrected chi connectivity index (χ0v) is 9.53. The molecule has 3 nitrogen and oxygen atoms in total. The van der Waals surface area contributed by atoms with Gasteiger partial charge < -0.3 is 10.1 Å². The first-order valence-electron chi connectivity index (χ1n) is 5.69. The second-order valence-corrected chi connectivity index (χ2v) is 4.10. The zero-order valence-electron chi connectivity index (χ0n) is 9.53. The summed E-state index contributed by atoms with van der Waals surface area (Å²) in [7, 11) is 1.42. The Bertz CT molecular complexity index is 376. The molecule has 0 radical (unpaired) electrons. The molecule has 2 rings (SSSR count). The summed E-state index contributed by atoms with van der Waals surface area (Å²) in [4.78, 5) is 11.1. The van der Waals surface area contributed by atoms with Crippen LogP contribution in [0.5, 0.6) is 0 Å². The zero-order chi connectivity index (χ0) is 11.4. The average Bonchev–Trinajstić information content (AvgIpc) is 2.35. The van der Waals surface area contributed by atoms with Crippen molar-refractivity contribution in [3.05, 3.63) is 35.4 Å². The second kappa shape index (κ2) is 5.12. The van der Waals surface area contributed by atoms with Crippen LogP contribution in [0.2, 0.25) is 0 Å². The fourth-order valence-corrected chi connectivity index (χ4v) is 2.24. The van der Waals surface area contributed by atoms with Crippen molar-refractivity contribution in [3.8, 4) is 0 Å². The normalized spacial score (nSPS) is 18.9. The highest BCUT2D eigenvalue weighted by atomic mass is 16.5. The Morgan fingerprint density at radius 1 is 1.50 bits per heavy atom.